The Bertz CT molecular complexity index is 971. The maximum Gasteiger partial charge on any atom is 0.309 e. The van der Waals surface area contributed by atoms with Gasteiger partial charge in [0, 0.05) is 31.4 Å². The van der Waals surface area contributed by atoms with Gasteiger partial charge >= 0.3 is 11.9 Å². The maximum atomic E-state index is 12.7. The number of rotatable bonds is 10. The van der Waals surface area contributed by atoms with Gasteiger partial charge in [-0.15, -0.1) is 0 Å². The topological polar surface area (TPSA) is 167 Å². The van der Waals surface area contributed by atoms with Crippen molar-refractivity contribution in [1.29, 1.82) is 0 Å². The predicted molar refractivity (Wildman–Crippen MR) is 157 cm³/mol. The van der Waals surface area contributed by atoms with Crippen molar-refractivity contribution in [1.82, 2.24) is 0 Å². The number of cyclic esters (lactones) is 1. The lowest BCUT2D eigenvalue weighted by Gasteiger charge is -2.32. The van der Waals surface area contributed by atoms with Crippen LogP contribution in [0.1, 0.15) is 74.1 Å². The zero-order valence-electron chi connectivity index (χ0n) is 25.9. The number of carbonyl (C=O) groups is 2. The maximum absolute atomic E-state index is 12.7. The van der Waals surface area contributed by atoms with Crippen LogP contribution in [0.15, 0.2) is 36.0 Å². The molecule has 10 nitrogen and oxygen atoms in total. The average Bonchev–Trinajstić information content (AvgIpc) is 3.68. The van der Waals surface area contributed by atoms with Gasteiger partial charge in [-0.25, -0.2) is 0 Å². The molecule has 2 heterocycles. The van der Waals surface area contributed by atoms with Crippen LogP contribution in [-0.2, 0) is 28.5 Å². The molecule has 0 aromatic heterocycles. The number of nitrogens with two attached hydrogens (primary N) is 2. The van der Waals surface area contributed by atoms with Crippen LogP contribution >= 0.6 is 0 Å². The summed E-state index contributed by atoms with van der Waals surface area (Å²) in [5.74, 6) is -1.23. The lowest BCUT2D eigenvalue weighted by molar-refractivity contribution is -0.157. The number of aliphatic hydroxyl groups excluding tert-OH is 1. The Hall–Kier alpha value is -2.08. The summed E-state index contributed by atoms with van der Waals surface area (Å²) in [5.41, 5.74) is 11.6. The lowest BCUT2D eigenvalue weighted by atomic mass is 9.86. The molecule has 1 fully saturated rings. The predicted octanol–water partition coefficient (Wildman–Crippen LogP) is 2.69. The molecule has 2 aliphatic heterocycles. The first-order chi connectivity index (χ1) is 19.0. The number of epoxide rings is 1. The Kier molecular flexibility index (Phi) is 12.8. The molecule has 0 aliphatic carbocycles. The van der Waals surface area contributed by atoms with Crippen molar-refractivity contribution in [3.8, 4) is 0 Å². The smallest absolute Gasteiger partial charge is 0.309 e. The van der Waals surface area contributed by atoms with Gasteiger partial charge in [-0.3, -0.25) is 9.59 Å². The molecular formula is C31H52N2O8. The summed E-state index contributed by atoms with van der Waals surface area (Å²) in [6, 6.07) is -0.442. The van der Waals surface area contributed by atoms with Gasteiger partial charge in [0.15, 0.2) is 0 Å². The molecule has 10 heteroatoms. The largest absolute Gasteiger partial charge is 0.457 e. The summed E-state index contributed by atoms with van der Waals surface area (Å²) >= 11 is 0. The number of aliphatic hydroxyl groups is 2. The second kappa shape index (κ2) is 14.9. The number of esters is 2. The van der Waals surface area contributed by atoms with Gasteiger partial charge in [-0.1, -0.05) is 45.1 Å². The van der Waals surface area contributed by atoms with Crippen molar-refractivity contribution in [2.45, 2.75) is 128 Å². The normalized spacial score (nSPS) is 36.2. The second-order valence-corrected chi connectivity index (χ2v) is 12.2. The molecule has 0 aromatic carbocycles. The van der Waals surface area contributed by atoms with Crippen LogP contribution in [0.2, 0.25) is 0 Å². The molecule has 0 radical (unpaired) electrons. The van der Waals surface area contributed by atoms with Crippen molar-refractivity contribution in [3.63, 3.8) is 0 Å². The molecule has 6 N–H and O–H groups in total. The summed E-state index contributed by atoms with van der Waals surface area (Å²) in [6.45, 7) is 12.5. The van der Waals surface area contributed by atoms with E-state index in [1.807, 2.05) is 32.9 Å². The van der Waals surface area contributed by atoms with E-state index in [1.165, 1.54) is 6.92 Å². The highest BCUT2D eigenvalue weighted by molar-refractivity contribution is 5.70. The number of allylic oxidation sites excluding steroid dienone is 2. The zero-order chi connectivity index (χ0) is 31.1. The van der Waals surface area contributed by atoms with Gasteiger partial charge in [0.2, 0.25) is 0 Å². The number of carbonyl (C=O) groups excluding carboxylic acids is 2. The Balaban J connectivity index is 2.22. The quantitative estimate of drug-likeness (QED) is 0.131. The molecule has 234 valence electrons. The fourth-order valence-electron chi connectivity index (χ4n) is 5.41. The number of ether oxygens (including phenoxy) is 4. The highest BCUT2D eigenvalue weighted by atomic mass is 16.6. The highest BCUT2D eigenvalue weighted by Crippen LogP contribution is 2.37. The summed E-state index contributed by atoms with van der Waals surface area (Å²) in [4.78, 5) is 24.4. The first-order valence-electron chi connectivity index (χ1n) is 14.6. The van der Waals surface area contributed by atoms with E-state index in [0.717, 1.165) is 12.0 Å². The Morgan fingerprint density at radius 3 is 2.56 bits per heavy atom. The van der Waals surface area contributed by atoms with E-state index in [0.29, 0.717) is 0 Å². The third-order valence-corrected chi connectivity index (χ3v) is 8.32. The number of hydrogen-bond acceptors (Lipinski definition) is 10. The Labute approximate surface area is 245 Å². The Morgan fingerprint density at radius 2 is 1.98 bits per heavy atom. The van der Waals surface area contributed by atoms with Crippen LogP contribution in [0.25, 0.3) is 0 Å². The van der Waals surface area contributed by atoms with Crippen LogP contribution in [0.5, 0.6) is 0 Å². The van der Waals surface area contributed by atoms with Crippen LogP contribution in [0.3, 0.4) is 0 Å². The molecule has 41 heavy (non-hydrogen) atoms. The van der Waals surface area contributed by atoms with E-state index < -0.39 is 47.4 Å². The van der Waals surface area contributed by atoms with E-state index in [9.17, 15) is 19.8 Å². The monoisotopic (exact) mass is 580 g/mol. The van der Waals surface area contributed by atoms with E-state index in [1.54, 1.807) is 32.3 Å². The molecule has 0 saturated carbocycles. The highest BCUT2D eigenvalue weighted by Gasteiger charge is 2.52. The first kappa shape index (κ1) is 35.1. The zero-order valence-corrected chi connectivity index (χ0v) is 25.9. The van der Waals surface area contributed by atoms with E-state index in [2.05, 4.69) is 13.8 Å². The van der Waals surface area contributed by atoms with Gasteiger partial charge in [-0.05, 0) is 51.7 Å². The molecular weight excluding hydrogens is 528 g/mol. The van der Waals surface area contributed by atoms with Gasteiger partial charge in [0.25, 0.3) is 0 Å². The van der Waals surface area contributed by atoms with E-state index >= 15 is 0 Å². The minimum Gasteiger partial charge on any atom is -0.457 e. The van der Waals surface area contributed by atoms with Crippen molar-refractivity contribution >= 4 is 11.9 Å². The molecule has 2 unspecified atom stereocenters. The molecule has 0 spiro atoms. The third kappa shape index (κ3) is 10.0. The molecule has 2 rings (SSSR count). The molecule has 0 bridgehead atoms. The second-order valence-electron chi connectivity index (χ2n) is 12.2. The third-order valence-electron chi connectivity index (χ3n) is 8.32. The van der Waals surface area contributed by atoms with E-state index in [-0.39, 0.29) is 49.4 Å². The number of hydrogen-bond donors (Lipinski definition) is 4. The minimum atomic E-state index is -1.43. The van der Waals surface area contributed by atoms with E-state index in [4.69, 9.17) is 30.4 Å². The summed E-state index contributed by atoms with van der Waals surface area (Å²) < 4.78 is 22.6. The van der Waals surface area contributed by atoms with Crippen LogP contribution in [-0.4, -0.2) is 83.1 Å². The van der Waals surface area contributed by atoms with Crippen LogP contribution in [0, 0.1) is 11.8 Å². The summed E-state index contributed by atoms with van der Waals surface area (Å²) in [7, 11) is 1.70. The summed E-state index contributed by atoms with van der Waals surface area (Å²) in [6.07, 6.45) is 7.00. The van der Waals surface area contributed by atoms with Gasteiger partial charge in [-0.2, -0.15) is 0 Å². The van der Waals surface area contributed by atoms with Crippen molar-refractivity contribution in [2.75, 3.05) is 7.11 Å². The van der Waals surface area contributed by atoms with Gasteiger partial charge in [0.1, 0.15) is 23.9 Å². The molecule has 11 atom stereocenters. The molecule has 2 aliphatic rings. The lowest BCUT2D eigenvalue weighted by Crippen LogP contribution is -2.55. The van der Waals surface area contributed by atoms with Crippen molar-refractivity contribution in [2.24, 2.45) is 23.3 Å². The fraction of sp³-hybridized carbons (Fsp3) is 0.742. The molecule has 0 aromatic rings. The van der Waals surface area contributed by atoms with Gasteiger partial charge in [0.05, 0.1) is 30.8 Å². The van der Waals surface area contributed by atoms with Crippen LogP contribution < -0.4 is 11.5 Å². The van der Waals surface area contributed by atoms with Crippen molar-refractivity contribution < 1.29 is 38.7 Å². The molecule has 0 amide bonds. The summed E-state index contributed by atoms with van der Waals surface area (Å²) in [5, 5.41) is 21.4. The minimum absolute atomic E-state index is 0.0151. The van der Waals surface area contributed by atoms with Crippen molar-refractivity contribution in [3.05, 3.63) is 36.0 Å². The van der Waals surface area contributed by atoms with Gasteiger partial charge < -0.3 is 40.6 Å². The average molecular weight is 581 g/mol. The SMILES string of the molecule is CC[C@H](OC)[C@@H](C)[C@H]1O[C@@H]1C(N)C(C)(N)/C=C/C=C(\C)[C@H]1OC(=O)C[C@H](O)CC[C@@](C)(O)[C@@H](OC(C)=O)/C=C/[C@@H]1C. The fourth-order valence-corrected chi connectivity index (χ4v) is 5.41. The Morgan fingerprint density at radius 1 is 1.32 bits per heavy atom. The number of methoxy groups -OCH3 is 1. The first-order valence-corrected chi connectivity index (χ1v) is 14.6. The standard InChI is InChI=1S/C31H52N2O8/c1-9-23(38-8)20(4)27-28(41-27)29(32)30(6,33)15-10-11-18(2)26-19(3)12-13-24(39-21(5)34)31(7,37)16-14-22(35)17-25(36)40-26/h10-13,15,19-20,22-24,26-29,35,37H,9,14,16-17,32-33H2,1-8H3/b13-12+,15-10+,18-11+/t19-,20+,22+,23-,24-,26+,27+,28-,29?,30?,31+/m0/s1. The molecule has 1 saturated heterocycles. The van der Waals surface area contributed by atoms with Crippen LogP contribution in [0.4, 0.5) is 0 Å².